The van der Waals surface area contributed by atoms with Gasteiger partial charge in [-0.3, -0.25) is 9.20 Å². The topological polar surface area (TPSA) is 112 Å². The quantitative estimate of drug-likeness (QED) is 0.368. The molecule has 1 N–H and O–H groups in total. The second kappa shape index (κ2) is 9.03. The number of nitrogens with one attached hydrogen (secondary N) is 1. The molecule has 0 radical (unpaired) electrons. The summed E-state index contributed by atoms with van der Waals surface area (Å²) in [5.74, 6) is -0.523. The van der Waals surface area contributed by atoms with Crippen LogP contribution in [-0.4, -0.2) is 47.4 Å². The van der Waals surface area contributed by atoms with Crippen molar-refractivity contribution in [3.8, 4) is 22.3 Å². The molecule has 0 aliphatic heterocycles. The average Bonchev–Trinajstić information content (AvgIpc) is 3.61. The van der Waals surface area contributed by atoms with Gasteiger partial charge >= 0.3 is 12.2 Å². The number of imidazole rings is 1. The first-order chi connectivity index (χ1) is 17.2. The Labute approximate surface area is 205 Å². The Morgan fingerprint density at radius 2 is 1.92 bits per heavy atom. The van der Waals surface area contributed by atoms with Crippen LogP contribution >= 0.6 is 11.3 Å². The molecule has 0 unspecified atom stereocenters. The van der Waals surface area contributed by atoms with Gasteiger partial charge in [0, 0.05) is 35.6 Å². The van der Waals surface area contributed by atoms with Gasteiger partial charge in [-0.25, -0.2) is 19.6 Å². The van der Waals surface area contributed by atoms with Crippen LogP contribution in [0.2, 0.25) is 0 Å². The van der Waals surface area contributed by atoms with E-state index in [1.807, 2.05) is 19.1 Å². The lowest BCUT2D eigenvalue weighted by atomic mass is 10.2. The molecule has 0 saturated heterocycles. The third-order valence-corrected chi connectivity index (χ3v) is 6.25. The van der Waals surface area contributed by atoms with Crippen molar-refractivity contribution >= 4 is 22.9 Å². The second-order valence-corrected chi connectivity index (χ2v) is 8.94. The predicted octanol–water partition coefficient (Wildman–Crippen LogP) is 3.70. The number of amides is 1. The van der Waals surface area contributed by atoms with E-state index in [-0.39, 0.29) is 29.5 Å². The summed E-state index contributed by atoms with van der Waals surface area (Å²) in [6.07, 6.45) is 1.98. The maximum atomic E-state index is 13.6. The van der Waals surface area contributed by atoms with Crippen molar-refractivity contribution in [2.24, 2.45) is 0 Å². The molecular formula is C22H17F3N8O2S. The molecule has 5 heterocycles. The monoisotopic (exact) mass is 514 g/mol. The van der Waals surface area contributed by atoms with E-state index in [1.165, 1.54) is 43.1 Å². The Kier molecular flexibility index (Phi) is 5.88. The molecule has 36 heavy (non-hydrogen) atoms. The minimum atomic E-state index is -4.71. The van der Waals surface area contributed by atoms with E-state index in [0.717, 1.165) is 9.75 Å². The smallest absolute Gasteiger partial charge is 0.435 e. The minimum Gasteiger partial charge on any atom is -0.467 e. The Morgan fingerprint density at radius 3 is 2.58 bits per heavy atom. The van der Waals surface area contributed by atoms with Crippen LogP contribution in [0.1, 0.15) is 26.5 Å². The lowest BCUT2D eigenvalue weighted by Gasteiger charge is -2.13. The predicted molar refractivity (Wildman–Crippen MR) is 123 cm³/mol. The first-order valence-corrected chi connectivity index (χ1v) is 11.3. The molecule has 0 atom stereocenters. The standard InChI is InChI=1S/C22H17F3N8O2S/c1-12-3-4-17(36-12)16-9-26-19-15(33-18(10-30-31-33)22(23,24)25)5-14(11-32(16)19)20(34)27-6-13-7-28-21(35-2)29-8-13/h3-5,7-11H,6H2,1-2H3,(H,27,34). The Balaban J connectivity index is 1.59. The van der Waals surface area contributed by atoms with E-state index in [9.17, 15) is 18.0 Å². The SMILES string of the molecule is COc1ncc(CNC(=O)c2cc(-n3nncc3C(F)(F)F)c3ncc(-c4ccc(C)s4)n3c2)cn1. The number of pyridine rings is 1. The van der Waals surface area contributed by atoms with E-state index < -0.39 is 17.8 Å². The molecule has 10 nitrogen and oxygen atoms in total. The number of fused-ring (bicyclic) bond motifs is 1. The molecule has 0 bridgehead atoms. The van der Waals surface area contributed by atoms with Crippen LogP contribution in [-0.2, 0) is 12.7 Å². The number of rotatable bonds is 6. The summed E-state index contributed by atoms with van der Waals surface area (Å²) in [5.41, 5.74) is 0.388. The van der Waals surface area contributed by atoms with Gasteiger partial charge in [-0.1, -0.05) is 5.21 Å². The number of alkyl halides is 3. The Morgan fingerprint density at radius 1 is 1.14 bits per heavy atom. The van der Waals surface area contributed by atoms with Crippen molar-refractivity contribution in [2.75, 3.05) is 7.11 Å². The molecule has 0 saturated carbocycles. The van der Waals surface area contributed by atoms with E-state index in [4.69, 9.17) is 4.74 Å². The molecule has 0 aliphatic rings. The minimum absolute atomic E-state index is 0.0419. The van der Waals surface area contributed by atoms with Crippen molar-refractivity contribution in [3.05, 3.63) is 70.9 Å². The number of aromatic nitrogens is 7. The number of hydrogen-bond donors (Lipinski definition) is 1. The summed E-state index contributed by atoms with van der Waals surface area (Å²) >= 11 is 1.50. The number of aryl methyl sites for hydroxylation is 1. The lowest BCUT2D eigenvalue weighted by molar-refractivity contribution is -0.142. The number of hydrogen-bond acceptors (Lipinski definition) is 8. The van der Waals surface area contributed by atoms with Crippen LogP contribution in [0.5, 0.6) is 6.01 Å². The maximum Gasteiger partial charge on any atom is 0.435 e. The summed E-state index contributed by atoms with van der Waals surface area (Å²) in [5, 5.41) is 9.81. The van der Waals surface area contributed by atoms with Crippen molar-refractivity contribution in [3.63, 3.8) is 0 Å². The number of nitrogens with zero attached hydrogens (tertiary/aromatic N) is 7. The van der Waals surface area contributed by atoms with Gasteiger partial charge in [0.2, 0.25) is 0 Å². The third kappa shape index (κ3) is 4.37. The highest BCUT2D eigenvalue weighted by atomic mass is 32.1. The number of methoxy groups -OCH3 is 1. The summed E-state index contributed by atoms with van der Waals surface area (Å²) in [6.45, 7) is 2.03. The number of thiophene rings is 1. The first kappa shape index (κ1) is 23.4. The Bertz CT molecular complexity index is 1560. The number of carbonyl (C=O) groups excluding carboxylic acids is 1. The highest BCUT2D eigenvalue weighted by Gasteiger charge is 2.37. The normalized spacial score (nSPS) is 11.7. The van der Waals surface area contributed by atoms with Crippen LogP contribution in [0.25, 0.3) is 21.9 Å². The maximum absolute atomic E-state index is 13.6. The third-order valence-electron chi connectivity index (χ3n) is 5.23. The van der Waals surface area contributed by atoms with Gasteiger partial charge in [0.1, 0.15) is 5.69 Å². The molecule has 184 valence electrons. The molecular weight excluding hydrogens is 497 g/mol. The fourth-order valence-corrected chi connectivity index (χ4v) is 4.41. The highest BCUT2D eigenvalue weighted by Crippen LogP contribution is 2.33. The van der Waals surface area contributed by atoms with E-state index in [0.29, 0.717) is 22.1 Å². The van der Waals surface area contributed by atoms with Crippen molar-refractivity contribution in [1.29, 1.82) is 0 Å². The highest BCUT2D eigenvalue weighted by molar-refractivity contribution is 7.15. The molecule has 0 aliphatic carbocycles. The van der Waals surface area contributed by atoms with Crippen molar-refractivity contribution in [1.82, 2.24) is 39.7 Å². The zero-order chi connectivity index (χ0) is 25.4. The average molecular weight is 514 g/mol. The van der Waals surface area contributed by atoms with E-state index in [1.54, 1.807) is 10.6 Å². The van der Waals surface area contributed by atoms with Crippen LogP contribution in [0.3, 0.4) is 0 Å². The van der Waals surface area contributed by atoms with Crippen LogP contribution in [0, 0.1) is 6.92 Å². The van der Waals surface area contributed by atoms with Crippen LogP contribution < -0.4 is 10.1 Å². The summed E-state index contributed by atoms with van der Waals surface area (Å²) in [7, 11) is 1.44. The molecule has 0 spiro atoms. The Hall–Kier alpha value is -4.33. The number of carbonyl (C=O) groups is 1. The summed E-state index contributed by atoms with van der Waals surface area (Å²) < 4.78 is 48.0. The fourth-order valence-electron chi connectivity index (χ4n) is 3.53. The first-order valence-electron chi connectivity index (χ1n) is 10.4. The van der Waals surface area contributed by atoms with Gasteiger partial charge in [0.25, 0.3) is 5.91 Å². The molecule has 14 heteroatoms. The van der Waals surface area contributed by atoms with Crippen molar-refractivity contribution in [2.45, 2.75) is 19.6 Å². The molecule has 5 rings (SSSR count). The molecule has 5 aromatic heterocycles. The zero-order valence-corrected chi connectivity index (χ0v) is 19.6. The fraction of sp³-hybridized carbons (Fsp3) is 0.182. The van der Waals surface area contributed by atoms with Gasteiger partial charge in [-0.2, -0.15) is 13.2 Å². The molecule has 0 aromatic carbocycles. The van der Waals surface area contributed by atoms with Crippen molar-refractivity contribution < 1.29 is 22.7 Å². The summed E-state index contributed by atoms with van der Waals surface area (Å²) in [6, 6.07) is 5.29. The van der Waals surface area contributed by atoms with Crippen LogP contribution in [0.4, 0.5) is 13.2 Å². The van der Waals surface area contributed by atoms with Gasteiger partial charge < -0.3 is 10.1 Å². The van der Waals surface area contributed by atoms with Gasteiger partial charge in [0.15, 0.2) is 11.3 Å². The number of ether oxygens (including phenoxy) is 1. The summed E-state index contributed by atoms with van der Waals surface area (Å²) in [4.78, 5) is 27.3. The van der Waals surface area contributed by atoms with Gasteiger partial charge in [-0.05, 0) is 25.1 Å². The largest absolute Gasteiger partial charge is 0.467 e. The van der Waals surface area contributed by atoms with Gasteiger partial charge in [0.05, 0.1) is 35.6 Å². The van der Waals surface area contributed by atoms with E-state index in [2.05, 4.69) is 30.6 Å². The molecule has 5 aromatic rings. The van der Waals surface area contributed by atoms with Gasteiger partial charge in [-0.15, -0.1) is 16.4 Å². The molecule has 0 fully saturated rings. The van der Waals surface area contributed by atoms with E-state index >= 15 is 0 Å². The number of halogens is 3. The lowest BCUT2D eigenvalue weighted by Crippen LogP contribution is -2.24. The van der Waals surface area contributed by atoms with Crippen LogP contribution in [0.15, 0.2) is 49.2 Å². The second-order valence-electron chi connectivity index (χ2n) is 7.65. The zero-order valence-electron chi connectivity index (χ0n) is 18.8. The molecule has 1 amide bonds.